The summed E-state index contributed by atoms with van der Waals surface area (Å²) >= 11 is 13.6. The lowest BCUT2D eigenvalue weighted by Crippen LogP contribution is -2.24. The van der Waals surface area contributed by atoms with Crippen LogP contribution < -0.4 is 11.5 Å². The molecule has 0 atom stereocenters. The van der Waals surface area contributed by atoms with E-state index >= 15 is 0 Å². The maximum Gasteiger partial charge on any atom is 0.336 e. The van der Waals surface area contributed by atoms with E-state index in [1.165, 1.54) is 0 Å². The first kappa shape index (κ1) is 20.4. The van der Waals surface area contributed by atoms with Crippen LogP contribution in [-0.4, -0.2) is 25.9 Å². The van der Waals surface area contributed by atoms with Gasteiger partial charge in [0.1, 0.15) is 0 Å². The molecule has 0 fully saturated rings. The number of halogens is 2. The molecule has 1 heterocycles. The summed E-state index contributed by atoms with van der Waals surface area (Å²) in [6, 6.07) is 12.4. The van der Waals surface area contributed by atoms with E-state index in [0.717, 1.165) is 27.0 Å². The van der Waals surface area contributed by atoms with Crippen molar-refractivity contribution in [3.05, 3.63) is 57.4 Å². The molecule has 0 aliphatic rings. The van der Waals surface area contributed by atoms with E-state index < -0.39 is 27.6 Å². The maximum absolute atomic E-state index is 12.4. The molecule has 7 nitrogen and oxygen atoms in total. The second-order valence-corrected chi connectivity index (χ2v) is 9.07. The molecule has 0 saturated carbocycles. The number of nitrogens with two attached hydrogens (primary N) is 2. The molecule has 11 heteroatoms. The summed E-state index contributed by atoms with van der Waals surface area (Å²) in [6.07, 6.45) is 0. The van der Waals surface area contributed by atoms with Crippen molar-refractivity contribution in [3.8, 4) is 11.1 Å². The second-order valence-electron chi connectivity index (χ2n) is 5.65. The van der Waals surface area contributed by atoms with E-state index in [1.54, 1.807) is 18.2 Å². The van der Waals surface area contributed by atoms with Gasteiger partial charge in [-0.1, -0.05) is 47.5 Å². The van der Waals surface area contributed by atoms with Crippen molar-refractivity contribution in [1.82, 2.24) is 0 Å². The molecule has 146 valence electrons. The third kappa shape index (κ3) is 4.39. The Hall–Kier alpha value is -2.33. The highest BCUT2D eigenvalue weighted by atomic mass is 35.5. The molecule has 3 rings (SSSR count). The molecule has 0 spiro atoms. The Morgan fingerprint density at radius 3 is 2.50 bits per heavy atom. The van der Waals surface area contributed by atoms with Crippen LogP contribution in [0.5, 0.6) is 0 Å². The molecule has 0 radical (unpaired) electrons. The first-order chi connectivity index (χ1) is 13.2. The Labute approximate surface area is 174 Å². The molecule has 28 heavy (non-hydrogen) atoms. The number of carbonyl (C=O) groups excluding carboxylic acids is 1. The van der Waals surface area contributed by atoms with E-state index in [2.05, 4.69) is 9.44 Å². The Balaban J connectivity index is 1.98. The third-order valence-corrected chi connectivity index (χ3v) is 6.52. The van der Waals surface area contributed by atoms with E-state index in [4.69, 9.17) is 34.7 Å². The van der Waals surface area contributed by atoms with Gasteiger partial charge in [-0.15, -0.1) is 11.3 Å². The lowest BCUT2D eigenvalue weighted by atomic mass is 10.0. The van der Waals surface area contributed by atoms with Crippen molar-refractivity contribution < 1.29 is 17.5 Å². The predicted molar refractivity (Wildman–Crippen MR) is 112 cm³/mol. The van der Waals surface area contributed by atoms with Crippen molar-refractivity contribution in [2.75, 3.05) is 5.75 Å². The normalized spacial score (nSPS) is 11.4. The highest BCUT2D eigenvalue weighted by molar-refractivity contribution is 7.87. The number of rotatable bonds is 6. The van der Waals surface area contributed by atoms with Gasteiger partial charge in [-0.05, 0) is 28.9 Å². The van der Waals surface area contributed by atoms with Crippen molar-refractivity contribution in [3.63, 3.8) is 0 Å². The number of ketones is 1. The molecule has 0 aliphatic heterocycles. The van der Waals surface area contributed by atoms with Crippen LogP contribution in [0.4, 0.5) is 0 Å². The molecular formula is C17H13Cl2N3O4S2. The largest absolute Gasteiger partial charge is 0.367 e. The van der Waals surface area contributed by atoms with Crippen molar-refractivity contribution >= 4 is 66.5 Å². The first-order valence-electron chi connectivity index (χ1n) is 7.68. The SMILES string of the molecule is NC(N)=NOS(=O)(=O)CC(=O)c1cc2c(-c3cccc(Cl)c3Cl)cccc2s1. The monoisotopic (exact) mass is 457 g/mol. The summed E-state index contributed by atoms with van der Waals surface area (Å²) < 4.78 is 28.7. The summed E-state index contributed by atoms with van der Waals surface area (Å²) in [4.78, 5) is 12.7. The highest BCUT2D eigenvalue weighted by Gasteiger charge is 2.22. The van der Waals surface area contributed by atoms with Gasteiger partial charge in [0, 0.05) is 15.6 Å². The molecule has 0 saturated heterocycles. The number of hydrogen-bond acceptors (Lipinski definition) is 6. The van der Waals surface area contributed by atoms with Gasteiger partial charge in [0.15, 0.2) is 11.5 Å². The third-order valence-electron chi connectivity index (χ3n) is 3.64. The Morgan fingerprint density at radius 2 is 1.79 bits per heavy atom. The predicted octanol–water partition coefficient (Wildman–Crippen LogP) is 3.59. The fourth-order valence-corrected chi connectivity index (χ4v) is 4.75. The van der Waals surface area contributed by atoms with Crippen LogP contribution in [0.15, 0.2) is 47.6 Å². The Morgan fingerprint density at radius 1 is 1.11 bits per heavy atom. The number of oxime groups is 1. The molecule has 4 N–H and O–H groups in total. The minimum absolute atomic E-state index is 0.248. The number of hydrogen-bond donors (Lipinski definition) is 2. The van der Waals surface area contributed by atoms with Crippen LogP contribution in [0.1, 0.15) is 9.67 Å². The van der Waals surface area contributed by atoms with Crippen LogP contribution >= 0.6 is 34.5 Å². The maximum atomic E-state index is 12.4. The van der Waals surface area contributed by atoms with Gasteiger partial charge in [0.25, 0.3) is 0 Å². The van der Waals surface area contributed by atoms with E-state index in [-0.39, 0.29) is 4.88 Å². The number of fused-ring (bicyclic) bond motifs is 1. The number of nitrogens with zero attached hydrogens (tertiary/aromatic N) is 1. The van der Waals surface area contributed by atoms with E-state index in [0.29, 0.717) is 15.6 Å². The molecule has 0 aliphatic carbocycles. The van der Waals surface area contributed by atoms with Gasteiger partial charge in [-0.2, -0.15) is 8.42 Å². The van der Waals surface area contributed by atoms with E-state index in [1.807, 2.05) is 24.3 Å². The minimum Gasteiger partial charge on any atom is -0.367 e. The summed E-state index contributed by atoms with van der Waals surface area (Å²) in [7, 11) is -4.27. The standard InChI is InChI=1S/C17H13Cl2N3O4S2/c18-12-5-1-4-10(16(12)19)9-3-2-6-14-11(9)7-15(27-14)13(23)8-28(24,25)26-22-17(20)21/h1-7H,8H2,(H4,20,21,22). The van der Waals surface area contributed by atoms with E-state index in [9.17, 15) is 13.2 Å². The number of guanidine groups is 1. The van der Waals surface area contributed by atoms with Gasteiger partial charge < -0.3 is 11.5 Å². The van der Waals surface area contributed by atoms with Crippen molar-refractivity contribution in [2.45, 2.75) is 0 Å². The zero-order valence-electron chi connectivity index (χ0n) is 14.1. The van der Waals surface area contributed by atoms with Gasteiger partial charge in [0.05, 0.1) is 14.9 Å². The molecule has 1 aromatic heterocycles. The number of thiophene rings is 1. The Kier molecular flexibility index (Phi) is 5.80. The molecule has 3 aromatic rings. The fraction of sp³-hybridized carbons (Fsp3) is 0.0588. The second kappa shape index (κ2) is 7.96. The van der Waals surface area contributed by atoms with Crippen LogP contribution in [0.2, 0.25) is 10.0 Å². The van der Waals surface area contributed by atoms with Crippen LogP contribution in [0.25, 0.3) is 21.2 Å². The molecule has 2 aromatic carbocycles. The van der Waals surface area contributed by atoms with Crippen LogP contribution in [0.3, 0.4) is 0 Å². The van der Waals surface area contributed by atoms with Crippen molar-refractivity contribution in [1.29, 1.82) is 0 Å². The highest BCUT2D eigenvalue weighted by Crippen LogP contribution is 2.39. The summed E-state index contributed by atoms with van der Waals surface area (Å²) in [6.45, 7) is 0. The van der Waals surface area contributed by atoms with Gasteiger partial charge in [0.2, 0.25) is 5.96 Å². The van der Waals surface area contributed by atoms with Crippen molar-refractivity contribution in [2.24, 2.45) is 16.6 Å². The lowest BCUT2D eigenvalue weighted by molar-refractivity contribution is 0.102. The minimum atomic E-state index is -4.27. The number of Topliss-reactive ketones (excluding diaryl/α,β-unsaturated/α-hetero) is 1. The summed E-state index contributed by atoms with van der Waals surface area (Å²) in [5.74, 6) is -2.11. The zero-order chi connectivity index (χ0) is 20.5. The average molecular weight is 458 g/mol. The zero-order valence-corrected chi connectivity index (χ0v) is 17.2. The van der Waals surface area contributed by atoms with Gasteiger partial charge in [-0.3, -0.25) is 9.08 Å². The molecular weight excluding hydrogens is 445 g/mol. The average Bonchev–Trinajstić information content (AvgIpc) is 3.07. The number of benzene rings is 2. The fourth-order valence-electron chi connectivity index (χ4n) is 2.50. The Bertz CT molecular complexity index is 1200. The summed E-state index contributed by atoms with van der Waals surface area (Å²) in [5, 5.41) is 4.52. The quantitative estimate of drug-likeness (QED) is 0.252. The first-order valence-corrected chi connectivity index (χ1v) is 10.8. The topological polar surface area (TPSA) is 125 Å². The molecule has 0 unspecified atom stereocenters. The van der Waals surface area contributed by atoms with Gasteiger partial charge >= 0.3 is 10.1 Å². The van der Waals surface area contributed by atoms with Crippen LogP contribution in [-0.2, 0) is 14.4 Å². The number of carbonyl (C=O) groups is 1. The molecule has 0 amide bonds. The molecule has 0 bridgehead atoms. The smallest absolute Gasteiger partial charge is 0.336 e. The van der Waals surface area contributed by atoms with Crippen LogP contribution in [0, 0.1) is 0 Å². The summed E-state index contributed by atoms with van der Waals surface area (Å²) in [5.41, 5.74) is 11.5. The van der Waals surface area contributed by atoms with Gasteiger partial charge in [-0.25, -0.2) is 0 Å². The lowest BCUT2D eigenvalue weighted by Gasteiger charge is -2.07.